The number of carbonyl (C=O) groups excluding carboxylic acids is 2. The minimum atomic E-state index is -0.346. The molecule has 1 heterocycles. The number of nitrogens with two attached hydrogens (primary N) is 1. The van der Waals surface area contributed by atoms with Crippen molar-refractivity contribution in [3.63, 3.8) is 0 Å². The van der Waals surface area contributed by atoms with Gasteiger partial charge >= 0.3 is 5.97 Å². The van der Waals surface area contributed by atoms with E-state index in [2.05, 4.69) is 4.98 Å². The number of nitrogen functional groups attached to an aromatic ring is 1. The number of aromatic nitrogens is 1. The molecular weight excluding hydrogens is 196 g/mol. The summed E-state index contributed by atoms with van der Waals surface area (Å²) < 4.78 is 4.76. The van der Waals surface area contributed by atoms with E-state index in [0.717, 1.165) is 0 Å². The van der Waals surface area contributed by atoms with Crippen molar-refractivity contribution in [2.45, 2.75) is 13.3 Å². The SMILES string of the molecule is CCOC(=O)Cc1cnc(N)c(C=O)c1. The molecular formula is C10H12N2O3. The van der Waals surface area contributed by atoms with Crippen LogP contribution in [0, 0.1) is 0 Å². The third-order valence-electron chi connectivity index (χ3n) is 1.79. The Labute approximate surface area is 87.3 Å². The molecule has 0 saturated heterocycles. The summed E-state index contributed by atoms with van der Waals surface area (Å²) in [5, 5.41) is 0. The fourth-order valence-corrected chi connectivity index (χ4v) is 1.11. The van der Waals surface area contributed by atoms with E-state index in [-0.39, 0.29) is 23.8 Å². The summed E-state index contributed by atoms with van der Waals surface area (Å²) in [5.41, 5.74) is 6.34. The number of nitrogens with zero attached hydrogens (tertiary/aromatic N) is 1. The molecule has 5 nitrogen and oxygen atoms in total. The van der Waals surface area contributed by atoms with Gasteiger partial charge in [-0.1, -0.05) is 0 Å². The van der Waals surface area contributed by atoms with Crippen molar-refractivity contribution in [1.82, 2.24) is 4.98 Å². The molecule has 0 bridgehead atoms. The molecule has 0 radical (unpaired) electrons. The first-order valence-electron chi connectivity index (χ1n) is 4.52. The highest BCUT2D eigenvalue weighted by atomic mass is 16.5. The lowest BCUT2D eigenvalue weighted by Crippen LogP contribution is -2.08. The zero-order valence-electron chi connectivity index (χ0n) is 8.40. The second kappa shape index (κ2) is 5.09. The van der Waals surface area contributed by atoms with Crippen LogP contribution in [0.1, 0.15) is 22.8 Å². The van der Waals surface area contributed by atoms with Gasteiger partial charge in [0, 0.05) is 6.20 Å². The lowest BCUT2D eigenvalue weighted by Gasteiger charge is -2.03. The molecule has 0 amide bonds. The molecule has 0 unspecified atom stereocenters. The summed E-state index contributed by atoms with van der Waals surface area (Å²) >= 11 is 0. The average molecular weight is 208 g/mol. The van der Waals surface area contributed by atoms with E-state index in [1.165, 1.54) is 12.3 Å². The Bertz CT molecular complexity index is 377. The normalized spacial score (nSPS) is 9.67. The summed E-state index contributed by atoms with van der Waals surface area (Å²) in [6.07, 6.45) is 2.16. The van der Waals surface area contributed by atoms with Crippen molar-refractivity contribution in [1.29, 1.82) is 0 Å². The average Bonchev–Trinajstić information content (AvgIpc) is 2.21. The fraction of sp³-hybridized carbons (Fsp3) is 0.300. The minimum Gasteiger partial charge on any atom is -0.466 e. The van der Waals surface area contributed by atoms with Crippen molar-refractivity contribution >= 4 is 18.1 Å². The van der Waals surface area contributed by atoms with Crippen LogP contribution < -0.4 is 5.73 Å². The zero-order valence-corrected chi connectivity index (χ0v) is 8.40. The van der Waals surface area contributed by atoms with Crippen LogP contribution in [0.15, 0.2) is 12.3 Å². The lowest BCUT2D eigenvalue weighted by atomic mass is 10.1. The van der Waals surface area contributed by atoms with E-state index < -0.39 is 0 Å². The standard InChI is InChI=1S/C10H12N2O3/c1-2-15-9(14)4-7-3-8(6-13)10(11)12-5-7/h3,5-6H,2,4H2,1H3,(H2,11,12). The third kappa shape index (κ3) is 3.05. The van der Waals surface area contributed by atoms with Crippen LogP contribution in [0.3, 0.4) is 0 Å². The molecule has 0 aromatic carbocycles. The van der Waals surface area contributed by atoms with Gasteiger partial charge in [-0.05, 0) is 18.6 Å². The Hall–Kier alpha value is -1.91. The second-order valence-electron chi connectivity index (χ2n) is 2.92. The fourth-order valence-electron chi connectivity index (χ4n) is 1.11. The molecule has 5 heteroatoms. The number of pyridine rings is 1. The first-order chi connectivity index (χ1) is 7.17. The molecule has 1 aromatic heterocycles. The second-order valence-corrected chi connectivity index (χ2v) is 2.92. The Morgan fingerprint density at radius 1 is 1.67 bits per heavy atom. The van der Waals surface area contributed by atoms with Gasteiger partial charge in [-0.2, -0.15) is 0 Å². The van der Waals surface area contributed by atoms with E-state index in [1.54, 1.807) is 6.92 Å². The molecule has 0 fully saturated rings. The molecule has 0 aliphatic rings. The monoisotopic (exact) mass is 208 g/mol. The molecule has 0 aliphatic carbocycles. The predicted octanol–water partition coefficient (Wildman–Crippen LogP) is 0.582. The van der Waals surface area contributed by atoms with Crippen molar-refractivity contribution in [3.8, 4) is 0 Å². The van der Waals surface area contributed by atoms with E-state index in [9.17, 15) is 9.59 Å². The molecule has 0 aliphatic heterocycles. The van der Waals surface area contributed by atoms with E-state index in [4.69, 9.17) is 10.5 Å². The number of ether oxygens (including phenoxy) is 1. The Kier molecular flexibility index (Phi) is 3.79. The van der Waals surface area contributed by atoms with Crippen molar-refractivity contribution < 1.29 is 14.3 Å². The molecule has 0 saturated carbocycles. The summed E-state index contributed by atoms with van der Waals surface area (Å²) in [6, 6.07) is 1.53. The quantitative estimate of drug-likeness (QED) is 0.578. The summed E-state index contributed by atoms with van der Waals surface area (Å²) in [5.74, 6) is -0.182. The van der Waals surface area contributed by atoms with Gasteiger partial charge in [0.1, 0.15) is 5.82 Å². The van der Waals surface area contributed by atoms with Gasteiger partial charge in [0.15, 0.2) is 6.29 Å². The molecule has 15 heavy (non-hydrogen) atoms. The Morgan fingerprint density at radius 2 is 2.40 bits per heavy atom. The van der Waals surface area contributed by atoms with E-state index in [1.807, 2.05) is 0 Å². The Morgan fingerprint density at radius 3 is 3.00 bits per heavy atom. The Balaban J connectivity index is 2.78. The smallest absolute Gasteiger partial charge is 0.310 e. The van der Waals surface area contributed by atoms with Gasteiger partial charge in [0.2, 0.25) is 0 Å². The number of aldehydes is 1. The predicted molar refractivity (Wildman–Crippen MR) is 54.4 cm³/mol. The summed E-state index contributed by atoms with van der Waals surface area (Å²) in [4.78, 5) is 25.5. The maximum Gasteiger partial charge on any atom is 0.310 e. The van der Waals surface area contributed by atoms with Crippen LogP contribution in [0.4, 0.5) is 5.82 Å². The first kappa shape index (κ1) is 11.2. The van der Waals surface area contributed by atoms with Crippen LogP contribution in [0.2, 0.25) is 0 Å². The summed E-state index contributed by atoms with van der Waals surface area (Å²) in [7, 11) is 0. The third-order valence-corrected chi connectivity index (χ3v) is 1.79. The van der Waals surface area contributed by atoms with Crippen LogP contribution >= 0.6 is 0 Å². The zero-order chi connectivity index (χ0) is 11.3. The highest BCUT2D eigenvalue weighted by Crippen LogP contribution is 2.09. The van der Waals surface area contributed by atoms with E-state index in [0.29, 0.717) is 18.5 Å². The highest BCUT2D eigenvalue weighted by Gasteiger charge is 2.06. The largest absolute Gasteiger partial charge is 0.466 e. The molecule has 0 atom stereocenters. The topological polar surface area (TPSA) is 82.3 Å². The van der Waals surface area contributed by atoms with Crippen LogP contribution in [0.5, 0.6) is 0 Å². The van der Waals surface area contributed by atoms with Crippen molar-refractivity contribution in [2.75, 3.05) is 12.3 Å². The van der Waals surface area contributed by atoms with Gasteiger partial charge in [-0.3, -0.25) is 9.59 Å². The van der Waals surface area contributed by atoms with Gasteiger partial charge in [0.25, 0.3) is 0 Å². The van der Waals surface area contributed by atoms with Gasteiger partial charge in [0.05, 0.1) is 18.6 Å². The summed E-state index contributed by atoms with van der Waals surface area (Å²) in [6.45, 7) is 2.07. The van der Waals surface area contributed by atoms with Gasteiger partial charge in [-0.15, -0.1) is 0 Å². The number of carbonyl (C=O) groups is 2. The molecule has 1 rings (SSSR count). The molecule has 1 aromatic rings. The van der Waals surface area contributed by atoms with Crippen LogP contribution in [0.25, 0.3) is 0 Å². The number of rotatable bonds is 4. The van der Waals surface area contributed by atoms with Crippen LogP contribution in [-0.2, 0) is 16.0 Å². The van der Waals surface area contributed by atoms with E-state index >= 15 is 0 Å². The lowest BCUT2D eigenvalue weighted by molar-refractivity contribution is -0.142. The maximum absolute atomic E-state index is 11.1. The molecule has 80 valence electrons. The minimum absolute atomic E-state index is 0.0992. The van der Waals surface area contributed by atoms with Gasteiger partial charge in [-0.25, -0.2) is 4.98 Å². The van der Waals surface area contributed by atoms with Crippen molar-refractivity contribution in [3.05, 3.63) is 23.4 Å². The van der Waals surface area contributed by atoms with Gasteiger partial charge < -0.3 is 10.5 Å². The number of anilines is 1. The number of hydrogen-bond donors (Lipinski definition) is 1. The maximum atomic E-state index is 11.1. The molecule has 0 spiro atoms. The molecule has 2 N–H and O–H groups in total. The van der Waals surface area contributed by atoms with Crippen molar-refractivity contribution in [2.24, 2.45) is 0 Å². The highest BCUT2D eigenvalue weighted by molar-refractivity contribution is 5.82. The van der Waals surface area contributed by atoms with Crippen LogP contribution in [-0.4, -0.2) is 23.8 Å². The first-order valence-corrected chi connectivity index (χ1v) is 4.52. The number of hydrogen-bond acceptors (Lipinski definition) is 5. The number of esters is 1.